The van der Waals surface area contributed by atoms with Crippen molar-refractivity contribution in [2.24, 2.45) is 10.4 Å². The first-order valence-electron chi connectivity index (χ1n) is 9.93. The fraction of sp³-hybridized carbons (Fsp3) is 0.458. The second kappa shape index (κ2) is 8.78. The Morgan fingerprint density at radius 2 is 1.86 bits per heavy atom. The van der Waals surface area contributed by atoms with Gasteiger partial charge in [0.05, 0.1) is 19.8 Å². The Kier molecular flexibility index (Phi) is 6.40. The summed E-state index contributed by atoms with van der Waals surface area (Å²) in [5, 5.41) is 0. The molecule has 0 aliphatic carbocycles. The lowest BCUT2D eigenvalue weighted by Gasteiger charge is -2.37. The van der Waals surface area contributed by atoms with Gasteiger partial charge in [0.1, 0.15) is 12.4 Å². The van der Waals surface area contributed by atoms with E-state index in [9.17, 15) is 0 Å². The first-order valence-corrected chi connectivity index (χ1v) is 9.93. The molecule has 2 aromatic rings. The second-order valence-corrected chi connectivity index (χ2v) is 7.98. The predicted molar refractivity (Wildman–Crippen MR) is 114 cm³/mol. The SMILES string of the molecule is CC/C(=N\C)OCc1cccc(-c2c(C)cc(OCC3(C)COC3)cc2C)c1. The van der Waals surface area contributed by atoms with Crippen LogP contribution in [0.4, 0.5) is 0 Å². The van der Waals surface area contributed by atoms with Gasteiger partial charge < -0.3 is 14.2 Å². The molecule has 1 saturated heterocycles. The lowest BCUT2D eigenvalue weighted by molar-refractivity contribution is -0.120. The molecule has 0 spiro atoms. The number of hydrogen-bond donors (Lipinski definition) is 0. The molecule has 0 amide bonds. The summed E-state index contributed by atoms with van der Waals surface area (Å²) in [4.78, 5) is 4.16. The molecule has 28 heavy (non-hydrogen) atoms. The maximum Gasteiger partial charge on any atom is 0.183 e. The summed E-state index contributed by atoms with van der Waals surface area (Å²) >= 11 is 0. The molecule has 0 bridgehead atoms. The highest BCUT2D eigenvalue weighted by Gasteiger charge is 2.34. The highest BCUT2D eigenvalue weighted by Crippen LogP contribution is 2.33. The van der Waals surface area contributed by atoms with Crippen molar-refractivity contribution in [3.63, 3.8) is 0 Å². The third-order valence-electron chi connectivity index (χ3n) is 5.17. The number of nitrogens with zero attached hydrogens (tertiary/aromatic N) is 1. The van der Waals surface area contributed by atoms with Crippen molar-refractivity contribution >= 4 is 5.90 Å². The van der Waals surface area contributed by atoms with Gasteiger partial charge in [-0.2, -0.15) is 0 Å². The van der Waals surface area contributed by atoms with Crippen LogP contribution in [0.5, 0.6) is 5.75 Å². The van der Waals surface area contributed by atoms with E-state index in [2.05, 4.69) is 62.2 Å². The van der Waals surface area contributed by atoms with E-state index < -0.39 is 0 Å². The Balaban J connectivity index is 1.76. The Morgan fingerprint density at radius 3 is 2.43 bits per heavy atom. The van der Waals surface area contributed by atoms with Crippen molar-refractivity contribution < 1.29 is 14.2 Å². The fourth-order valence-corrected chi connectivity index (χ4v) is 3.56. The van der Waals surface area contributed by atoms with Crippen LogP contribution in [0.1, 0.15) is 37.0 Å². The van der Waals surface area contributed by atoms with E-state index in [1.165, 1.54) is 22.3 Å². The molecular weight excluding hydrogens is 350 g/mol. The monoisotopic (exact) mass is 381 g/mol. The molecule has 2 aromatic carbocycles. The maximum atomic E-state index is 6.07. The molecule has 4 heteroatoms. The molecule has 1 aliphatic heterocycles. The molecule has 1 fully saturated rings. The van der Waals surface area contributed by atoms with Crippen LogP contribution in [0.3, 0.4) is 0 Å². The Bertz CT molecular complexity index is 830. The van der Waals surface area contributed by atoms with E-state index in [0.29, 0.717) is 13.2 Å². The van der Waals surface area contributed by atoms with E-state index >= 15 is 0 Å². The minimum absolute atomic E-state index is 0.147. The highest BCUT2D eigenvalue weighted by molar-refractivity contribution is 5.76. The maximum absolute atomic E-state index is 6.07. The van der Waals surface area contributed by atoms with Gasteiger partial charge in [-0.15, -0.1) is 0 Å². The quantitative estimate of drug-likeness (QED) is 0.480. The summed E-state index contributed by atoms with van der Waals surface area (Å²) in [7, 11) is 1.77. The summed E-state index contributed by atoms with van der Waals surface area (Å²) in [5.74, 6) is 1.71. The zero-order valence-electron chi connectivity index (χ0n) is 17.7. The average molecular weight is 382 g/mol. The number of hydrogen-bond acceptors (Lipinski definition) is 4. The van der Waals surface area contributed by atoms with Gasteiger partial charge in [0, 0.05) is 18.9 Å². The summed E-state index contributed by atoms with van der Waals surface area (Å²) < 4.78 is 17.2. The van der Waals surface area contributed by atoms with Crippen LogP contribution in [0.25, 0.3) is 11.1 Å². The van der Waals surface area contributed by atoms with Crippen LogP contribution < -0.4 is 4.74 Å². The third kappa shape index (κ3) is 4.74. The number of benzene rings is 2. The molecule has 0 N–H and O–H groups in total. The zero-order chi connectivity index (χ0) is 20.1. The van der Waals surface area contributed by atoms with Crippen molar-refractivity contribution in [1.82, 2.24) is 0 Å². The summed E-state index contributed by atoms with van der Waals surface area (Å²) in [6.45, 7) is 11.3. The zero-order valence-corrected chi connectivity index (χ0v) is 17.7. The molecule has 0 atom stereocenters. The molecule has 4 nitrogen and oxygen atoms in total. The van der Waals surface area contributed by atoms with E-state index in [1.54, 1.807) is 7.05 Å². The van der Waals surface area contributed by atoms with Crippen molar-refractivity contribution in [3.8, 4) is 16.9 Å². The first kappa shape index (κ1) is 20.4. The van der Waals surface area contributed by atoms with Gasteiger partial charge in [-0.05, 0) is 59.9 Å². The molecule has 0 aromatic heterocycles. The van der Waals surface area contributed by atoms with Crippen LogP contribution >= 0.6 is 0 Å². The van der Waals surface area contributed by atoms with Gasteiger partial charge in [0.2, 0.25) is 0 Å². The van der Waals surface area contributed by atoms with Crippen molar-refractivity contribution in [3.05, 3.63) is 53.1 Å². The molecule has 0 saturated carbocycles. The van der Waals surface area contributed by atoms with Crippen LogP contribution in [0, 0.1) is 19.3 Å². The molecular formula is C24H31NO3. The Morgan fingerprint density at radius 1 is 1.14 bits per heavy atom. The van der Waals surface area contributed by atoms with Gasteiger partial charge >= 0.3 is 0 Å². The topological polar surface area (TPSA) is 40.0 Å². The molecule has 3 rings (SSSR count). The highest BCUT2D eigenvalue weighted by atomic mass is 16.5. The molecule has 0 unspecified atom stereocenters. The number of rotatable bonds is 7. The third-order valence-corrected chi connectivity index (χ3v) is 5.17. The van der Waals surface area contributed by atoms with Crippen molar-refractivity contribution in [2.45, 2.75) is 40.7 Å². The summed E-state index contributed by atoms with van der Waals surface area (Å²) in [6.07, 6.45) is 0.807. The number of aliphatic imine (C=N–C) groups is 1. The Labute approximate surface area is 168 Å². The minimum atomic E-state index is 0.147. The largest absolute Gasteiger partial charge is 0.493 e. The second-order valence-electron chi connectivity index (χ2n) is 7.98. The van der Waals surface area contributed by atoms with Crippen molar-refractivity contribution in [1.29, 1.82) is 0 Å². The van der Waals surface area contributed by atoms with Gasteiger partial charge in [0.25, 0.3) is 0 Å². The van der Waals surface area contributed by atoms with Crippen LogP contribution in [-0.2, 0) is 16.1 Å². The molecule has 150 valence electrons. The van der Waals surface area contributed by atoms with E-state index in [1.807, 2.05) is 6.92 Å². The average Bonchev–Trinajstić information content (AvgIpc) is 2.65. The standard InChI is InChI=1S/C24H31NO3/c1-6-22(25-5)27-13-19-8-7-9-20(12-19)23-17(2)10-21(11-18(23)3)28-16-24(4)14-26-15-24/h7-12H,6,13-16H2,1-5H3/b25-22+. The van der Waals surface area contributed by atoms with Gasteiger partial charge in [-0.1, -0.05) is 32.0 Å². The van der Waals surface area contributed by atoms with Gasteiger partial charge in [0.15, 0.2) is 5.90 Å². The van der Waals surface area contributed by atoms with E-state index in [-0.39, 0.29) is 5.41 Å². The number of ether oxygens (including phenoxy) is 3. The fourth-order valence-electron chi connectivity index (χ4n) is 3.56. The predicted octanol–water partition coefficient (Wildman–Crippen LogP) is 5.34. The summed E-state index contributed by atoms with van der Waals surface area (Å²) in [5.41, 5.74) is 6.18. The van der Waals surface area contributed by atoms with Gasteiger partial charge in [-0.3, -0.25) is 4.99 Å². The first-order chi connectivity index (χ1) is 13.4. The van der Waals surface area contributed by atoms with Crippen LogP contribution in [0.2, 0.25) is 0 Å². The van der Waals surface area contributed by atoms with Crippen LogP contribution in [0.15, 0.2) is 41.4 Å². The summed E-state index contributed by atoms with van der Waals surface area (Å²) in [6, 6.07) is 12.8. The van der Waals surface area contributed by atoms with Crippen LogP contribution in [-0.4, -0.2) is 32.8 Å². The lowest BCUT2D eigenvalue weighted by atomic mass is 9.90. The minimum Gasteiger partial charge on any atom is -0.493 e. The normalized spacial score (nSPS) is 15.8. The molecule has 1 aliphatic rings. The van der Waals surface area contributed by atoms with E-state index in [0.717, 1.165) is 36.8 Å². The Hall–Kier alpha value is -2.33. The smallest absolute Gasteiger partial charge is 0.183 e. The van der Waals surface area contributed by atoms with E-state index in [4.69, 9.17) is 14.2 Å². The molecule has 1 heterocycles. The molecule has 0 radical (unpaired) electrons. The van der Waals surface area contributed by atoms with Crippen molar-refractivity contribution in [2.75, 3.05) is 26.9 Å². The lowest BCUT2D eigenvalue weighted by Crippen LogP contribution is -2.44. The van der Waals surface area contributed by atoms with Gasteiger partial charge in [-0.25, -0.2) is 0 Å². The number of aryl methyl sites for hydroxylation is 2.